The molecule has 2 atom stereocenters. The highest BCUT2D eigenvalue weighted by Gasteiger charge is 2.52. The fourth-order valence-electron chi connectivity index (χ4n) is 2.01. The summed E-state index contributed by atoms with van der Waals surface area (Å²) in [6, 6.07) is 0. The maximum Gasteiger partial charge on any atom is 0.281 e. The van der Waals surface area contributed by atoms with Gasteiger partial charge >= 0.3 is 0 Å². The zero-order valence-corrected chi connectivity index (χ0v) is 12.6. The zero-order chi connectivity index (χ0) is 16.2. The zero-order valence-electron chi connectivity index (χ0n) is 10.9. The summed E-state index contributed by atoms with van der Waals surface area (Å²) in [5.74, 6) is -3.55. The van der Waals surface area contributed by atoms with Crippen molar-refractivity contribution in [3.05, 3.63) is 11.1 Å². The van der Waals surface area contributed by atoms with Gasteiger partial charge in [0.2, 0.25) is 0 Å². The smallest absolute Gasteiger partial charge is 0.281 e. The number of aliphatic hydroxyl groups is 1. The molecule has 2 rings (SSSR count). The van der Waals surface area contributed by atoms with Crippen LogP contribution in [0.3, 0.4) is 0 Å². The molecule has 0 amide bonds. The summed E-state index contributed by atoms with van der Waals surface area (Å²) in [7, 11) is -3.89. The van der Waals surface area contributed by atoms with Crippen LogP contribution in [-0.2, 0) is 16.3 Å². The molecule has 0 fully saturated rings. The van der Waals surface area contributed by atoms with Crippen molar-refractivity contribution in [1.29, 1.82) is 0 Å². The molecule has 21 heavy (non-hydrogen) atoms. The van der Waals surface area contributed by atoms with Crippen LogP contribution in [0.4, 0.5) is 17.6 Å². The van der Waals surface area contributed by atoms with E-state index in [1.54, 1.807) is 0 Å². The third-order valence-corrected chi connectivity index (χ3v) is 6.03. The summed E-state index contributed by atoms with van der Waals surface area (Å²) >= 11 is 0.482. The van der Waals surface area contributed by atoms with Crippen LogP contribution in [-0.4, -0.2) is 38.2 Å². The summed E-state index contributed by atoms with van der Waals surface area (Å²) in [5, 5.41) is 9.29. The molecule has 1 aromatic heterocycles. The van der Waals surface area contributed by atoms with E-state index in [1.165, 1.54) is 0 Å². The second kappa shape index (κ2) is 5.10. The monoisotopic (exact) mass is 348 g/mol. The number of thiophene rings is 1. The Morgan fingerprint density at radius 1 is 1.43 bits per heavy atom. The Bertz CT molecular complexity index is 653. The van der Waals surface area contributed by atoms with Crippen molar-refractivity contribution in [3.8, 4) is 5.06 Å². The van der Waals surface area contributed by atoms with Gasteiger partial charge in [-0.05, 0) is 6.92 Å². The molecule has 1 aliphatic carbocycles. The topological polar surface area (TPSA) is 63.6 Å². The summed E-state index contributed by atoms with van der Waals surface area (Å²) in [6.07, 6.45) is -6.86. The van der Waals surface area contributed by atoms with Gasteiger partial charge in [-0.1, -0.05) is 11.3 Å². The fraction of sp³-hybridized carbons (Fsp3) is 0.636. The standard InChI is InChI=1S/C11H12F4O4S2/c1-4(8(12)13)19-9-5-3-11(14,15)7(16)6(5)10(20-9)21(2,17)18/h4,7-8,16H,3H2,1-2H3/t4?,7-/m0/s1. The molecule has 0 saturated heterocycles. The van der Waals surface area contributed by atoms with Gasteiger partial charge in [-0.25, -0.2) is 26.0 Å². The molecule has 0 aliphatic heterocycles. The van der Waals surface area contributed by atoms with Crippen LogP contribution in [0.15, 0.2) is 4.21 Å². The number of aliphatic hydroxyl groups excluding tert-OH is 1. The lowest BCUT2D eigenvalue weighted by Gasteiger charge is -2.15. The molecule has 1 unspecified atom stereocenters. The van der Waals surface area contributed by atoms with Gasteiger partial charge in [0.15, 0.2) is 21.0 Å². The van der Waals surface area contributed by atoms with Crippen LogP contribution in [0, 0.1) is 0 Å². The molecular weight excluding hydrogens is 336 g/mol. The van der Waals surface area contributed by atoms with Gasteiger partial charge in [0.05, 0.1) is 0 Å². The van der Waals surface area contributed by atoms with Crippen LogP contribution >= 0.6 is 11.3 Å². The third kappa shape index (κ3) is 2.88. The Hall–Kier alpha value is -0.870. The lowest BCUT2D eigenvalue weighted by molar-refractivity contribution is -0.0976. The minimum Gasteiger partial charge on any atom is -0.475 e. The van der Waals surface area contributed by atoms with E-state index in [0.29, 0.717) is 11.3 Å². The molecule has 1 heterocycles. The Kier molecular flexibility index (Phi) is 4.00. The van der Waals surface area contributed by atoms with Crippen LogP contribution in [0.1, 0.15) is 24.2 Å². The lowest BCUT2D eigenvalue weighted by Crippen LogP contribution is -2.23. The van der Waals surface area contributed by atoms with Gasteiger partial charge in [-0.3, -0.25) is 0 Å². The SMILES string of the molecule is CC(Oc1sc(S(C)(=O)=O)c2c1CC(F)(F)[C@H]2O)C(F)F. The molecule has 0 spiro atoms. The maximum atomic E-state index is 13.6. The summed E-state index contributed by atoms with van der Waals surface area (Å²) in [6.45, 7) is 1.04. The normalized spacial score (nSPS) is 22.4. The summed E-state index contributed by atoms with van der Waals surface area (Å²) in [5.41, 5.74) is -0.658. The van der Waals surface area contributed by atoms with Gasteiger partial charge in [-0.15, -0.1) is 0 Å². The van der Waals surface area contributed by atoms with Crippen molar-refractivity contribution in [2.24, 2.45) is 0 Å². The minimum absolute atomic E-state index is 0.217. The molecule has 1 aromatic rings. The third-order valence-electron chi connectivity index (χ3n) is 3.05. The van der Waals surface area contributed by atoms with Gasteiger partial charge in [0.1, 0.15) is 10.3 Å². The number of fused-ring (bicyclic) bond motifs is 1. The second-order valence-electron chi connectivity index (χ2n) is 4.84. The number of hydrogen-bond acceptors (Lipinski definition) is 5. The lowest BCUT2D eigenvalue weighted by atomic mass is 10.2. The van der Waals surface area contributed by atoms with Crippen molar-refractivity contribution in [1.82, 2.24) is 0 Å². The molecule has 0 bridgehead atoms. The van der Waals surface area contributed by atoms with E-state index in [1.807, 2.05) is 0 Å². The molecule has 120 valence electrons. The first kappa shape index (κ1) is 16.5. The van der Waals surface area contributed by atoms with E-state index in [-0.39, 0.29) is 10.6 Å². The van der Waals surface area contributed by atoms with Gasteiger partial charge in [-0.2, -0.15) is 0 Å². The van der Waals surface area contributed by atoms with Gasteiger partial charge in [0.25, 0.3) is 12.3 Å². The van der Waals surface area contributed by atoms with E-state index in [9.17, 15) is 31.1 Å². The predicted octanol–water partition coefficient (Wildman–Crippen LogP) is 2.41. The average molecular weight is 348 g/mol. The largest absolute Gasteiger partial charge is 0.475 e. The highest BCUT2D eigenvalue weighted by Crippen LogP contribution is 2.53. The van der Waals surface area contributed by atoms with E-state index in [0.717, 1.165) is 13.2 Å². The molecule has 1 aliphatic rings. The van der Waals surface area contributed by atoms with E-state index in [4.69, 9.17) is 4.74 Å². The number of rotatable bonds is 4. The first-order valence-electron chi connectivity index (χ1n) is 5.81. The van der Waals surface area contributed by atoms with Crippen molar-refractivity contribution >= 4 is 21.2 Å². The van der Waals surface area contributed by atoms with Gasteiger partial charge in [0, 0.05) is 23.8 Å². The quantitative estimate of drug-likeness (QED) is 0.849. The van der Waals surface area contributed by atoms with E-state index < -0.39 is 50.6 Å². The minimum atomic E-state index is -3.89. The van der Waals surface area contributed by atoms with E-state index >= 15 is 0 Å². The molecule has 1 N–H and O–H groups in total. The number of hydrogen-bond donors (Lipinski definition) is 1. The first-order valence-corrected chi connectivity index (χ1v) is 8.52. The summed E-state index contributed by atoms with van der Waals surface area (Å²) in [4.78, 5) is 0. The molecule has 10 heteroatoms. The Balaban J connectivity index is 2.54. The van der Waals surface area contributed by atoms with Crippen molar-refractivity contribution < 1.29 is 35.8 Å². The highest BCUT2D eigenvalue weighted by molar-refractivity contribution is 7.92. The highest BCUT2D eigenvalue weighted by atomic mass is 32.2. The van der Waals surface area contributed by atoms with E-state index in [2.05, 4.69) is 0 Å². The Morgan fingerprint density at radius 2 is 2.00 bits per heavy atom. The molecule has 0 radical (unpaired) electrons. The fourth-order valence-corrected chi connectivity index (χ4v) is 4.50. The number of sulfone groups is 1. The molecule has 4 nitrogen and oxygen atoms in total. The van der Waals surface area contributed by atoms with Crippen molar-refractivity contribution in [2.45, 2.75) is 42.1 Å². The first-order chi connectivity index (χ1) is 9.45. The number of ether oxygens (including phenoxy) is 1. The molecular formula is C11H12F4O4S2. The van der Waals surface area contributed by atoms with Gasteiger partial charge < -0.3 is 9.84 Å². The molecule has 0 aromatic carbocycles. The Labute approximate surface area is 122 Å². The number of halogens is 4. The molecule has 0 saturated carbocycles. The van der Waals surface area contributed by atoms with Crippen LogP contribution < -0.4 is 4.74 Å². The van der Waals surface area contributed by atoms with Crippen LogP contribution in [0.5, 0.6) is 5.06 Å². The predicted molar refractivity (Wildman–Crippen MR) is 67.1 cm³/mol. The second-order valence-corrected chi connectivity index (χ2v) is 8.03. The van der Waals surface area contributed by atoms with Crippen molar-refractivity contribution in [3.63, 3.8) is 0 Å². The maximum absolute atomic E-state index is 13.6. The summed E-state index contributed by atoms with van der Waals surface area (Å²) < 4.78 is 79.8. The Morgan fingerprint density at radius 3 is 2.48 bits per heavy atom. The van der Waals surface area contributed by atoms with Crippen LogP contribution in [0.25, 0.3) is 0 Å². The average Bonchev–Trinajstić information content (AvgIpc) is 2.76. The van der Waals surface area contributed by atoms with Crippen LogP contribution in [0.2, 0.25) is 0 Å². The van der Waals surface area contributed by atoms with Crippen molar-refractivity contribution in [2.75, 3.05) is 6.26 Å². The number of alkyl halides is 4.